The lowest BCUT2D eigenvalue weighted by molar-refractivity contribution is 0.190. The second-order valence-electron chi connectivity index (χ2n) is 4.95. The summed E-state index contributed by atoms with van der Waals surface area (Å²) in [4.78, 5) is 4.53. The lowest BCUT2D eigenvalue weighted by Crippen LogP contribution is -2.08. The van der Waals surface area contributed by atoms with Crippen LogP contribution in [0.3, 0.4) is 0 Å². The minimum atomic E-state index is 0.720. The summed E-state index contributed by atoms with van der Waals surface area (Å²) in [6.45, 7) is 4.38. The Balaban J connectivity index is 1.98. The van der Waals surface area contributed by atoms with Gasteiger partial charge in [-0.3, -0.25) is 0 Å². The van der Waals surface area contributed by atoms with E-state index in [1.807, 2.05) is 25.1 Å². The van der Waals surface area contributed by atoms with E-state index in [4.69, 9.17) is 9.47 Å². The fraction of sp³-hybridized carbons (Fsp3) is 0.438. The number of aryl methyl sites for hydroxylation is 2. The predicted molar refractivity (Wildman–Crippen MR) is 83.8 cm³/mol. The van der Waals surface area contributed by atoms with E-state index < -0.39 is 0 Å². The van der Waals surface area contributed by atoms with E-state index in [1.54, 1.807) is 14.2 Å². The molecule has 0 fully saturated rings. The van der Waals surface area contributed by atoms with Gasteiger partial charge in [0.25, 0.3) is 0 Å². The first-order chi connectivity index (χ1) is 10.2. The van der Waals surface area contributed by atoms with Gasteiger partial charge >= 0.3 is 0 Å². The number of hydrogen-bond donors (Lipinski definition) is 1. The van der Waals surface area contributed by atoms with Crippen LogP contribution in [0.4, 0.5) is 5.95 Å². The number of anilines is 1. The Labute approximate surface area is 125 Å². The van der Waals surface area contributed by atoms with Crippen molar-refractivity contribution in [2.45, 2.75) is 26.4 Å². The van der Waals surface area contributed by atoms with Crippen LogP contribution in [-0.2, 0) is 17.8 Å². The average molecular weight is 289 g/mol. The Morgan fingerprint density at radius 2 is 2.14 bits per heavy atom. The molecule has 0 atom stereocenters. The predicted octanol–water partition coefficient (Wildman–Crippen LogP) is 2.85. The molecule has 1 aromatic heterocycles. The molecule has 0 aliphatic carbocycles. The summed E-state index contributed by atoms with van der Waals surface area (Å²) in [5.74, 6) is 1.76. The number of nitrogens with one attached hydrogen (secondary N) is 1. The monoisotopic (exact) mass is 289 g/mol. The number of aromatic nitrogens is 2. The van der Waals surface area contributed by atoms with Gasteiger partial charge in [0, 0.05) is 33.0 Å². The van der Waals surface area contributed by atoms with Crippen LogP contribution in [0.1, 0.15) is 17.7 Å². The van der Waals surface area contributed by atoms with E-state index >= 15 is 0 Å². The minimum absolute atomic E-state index is 0.720. The lowest BCUT2D eigenvalue weighted by Gasteiger charge is -2.10. The summed E-state index contributed by atoms with van der Waals surface area (Å²) in [7, 11) is 3.40. The van der Waals surface area contributed by atoms with Crippen LogP contribution in [0.5, 0.6) is 5.75 Å². The highest BCUT2D eigenvalue weighted by atomic mass is 16.5. The summed E-state index contributed by atoms with van der Waals surface area (Å²) in [6.07, 6.45) is 3.03. The summed E-state index contributed by atoms with van der Waals surface area (Å²) < 4.78 is 12.5. The van der Waals surface area contributed by atoms with Crippen molar-refractivity contribution in [1.82, 2.24) is 9.55 Å². The molecule has 21 heavy (non-hydrogen) atoms. The summed E-state index contributed by atoms with van der Waals surface area (Å²) in [5, 5.41) is 3.38. The SMILES string of the molecule is COCCCn1cc(C)nc1NCc1cccc(OC)c1. The molecule has 0 bridgehead atoms. The molecule has 0 saturated carbocycles. The van der Waals surface area contributed by atoms with Crippen molar-refractivity contribution in [2.75, 3.05) is 26.1 Å². The van der Waals surface area contributed by atoms with Crippen molar-refractivity contribution in [3.8, 4) is 5.75 Å². The molecule has 1 aromatic carbocycles. The van der Waals surface area contributed by atoms with Gasteiger partial charge in [-0.05, 0) is 31.0 Å². The van der Waals surface area contributed by atoms with E-state index in [-0.39, 0.29) is 0 Å². The largest absolute Gasteiger partial charge is 0.497 e. The normalized spacial score (nSPS) is 10.6. The Hall–Kier alpha value is -2.01. The molecule has 0 aliphatic heterocycles. The molecule has 0 spiro atoms. The summed E-state index contributed by atoms with van der Waals surface area (Å²) in [6, 6.07) is 8.03. The van der Waals surface area contributed by atoms with E-state index in [1.165, 1.54) is 5.56 Å². The number of rotatable bonds is 8. The molecular weight excluding hydrogens is 266 g/mol. The highest BCUT2D eigenvalue weighted by molar-refractivity contribution is 5.34. The van der Waals surface area contributed by atoms with Crippen LogP contribution in [0.2, 0.25) is 0 Å². The molecule has 0 unspecified atom stereocenters. The summed E-state index contributed by atoms with van der Waals surface area (Å²) >= 11 is 0. The Kier molecular flexibility index (Phi) is 5.63. The smallest absolute Gasteiger partial charge is 0.203 e. The maximum atomic E-state index is 5.24. The third-order valence-corrected chi connectivity index (χ3v) is 3.23. The number of imidazole rings is 1. The number of methoxy groups -OCH3 is 2. The first-order valence-corrected chi connectivity index (χ1v) is 7.12. The van der Waals surface area contributed by atoms with Gasteiger partial charge in [-0.15, -0.1) is 0 Å². The Morgan fingerprint density at radius 1 is 1.29 bits per heavy atom. The fourth-order valence-electron chi connectivity index (χ4n) is 2.20. The van der Waals surface area contributed by atoms with E-state index in [0.717, 1.165) is 43.5 Å². The van der Waals surface area contributed by atoms with Gasteiger partial charge in [0.15, 0.2) is 0 Å². The van der Waals surface area contributed by atoms with Crippen molar-refractivity contribution in [2.24, 2.45) is 0 Å². The summed E-state index contributed by atoms with van der Waals surface area (Å²) in [5.41, 5.74) is 2.18. The molecule has 114 valence electrons. The van der Waals surface area contributed by atoms with Crippen molar-refractivity contribution >= 4 is 5.95 Å². The van der Waals surface area contributed by atoms with Gasteiger partial charge in [0.05, 0.1) is 12.8 Å². The fourth-order valence-corrected chi connectivity index (χ4v) is 2.20. The molecule has 2 aromatic rings. The standard InChI is InChI=1S/C16H23N3O2/c1-13-12-19(8-5-9-20-2)16(18-13)17-11-14-6-4-7-15(10-14)21-3/h4,6-7,10,12H,5,8-9,11H2,1-3H3,(H,17,18). The second kappa shape index (κ2) is 7.69. The number of hydrogen-bond acceptors (Lipinski definition) is 4. The zero-order chi connectivity index (χ0) is 15.1. The molecule has 0 radical (unpaired) electrons. The highest BCUT2D eigenvalue weighted by Gasteiger charge is 2.05. The maximum absolute atomic E-state index is 5.24. The molecule has 5 nitrogen and oxygen atoms in total. The molecule has 0 amide bonds. The molecule has 1 heterocycles. The van der Waals surface area contributed by atoms with Crippen LogP contribution in [0.25, 0.3) is 0 Å². The average Bonchev–Trinajstić information content (AvgIpc) is 2.86. The minimum Gasteiger partial charge on any atom is -0.497 e. The molecule has 0 aliphatic rings. The Bertz CT molecular complexity index is 566. The van der Waals surface area contributed by atoms with Gasteiger partial charge in [-0.2, -0.15) is 0 Å². The third kappa shape index (κ3) is 4.49. The molecule has 2 rings (SSSR count). The van der Waals surface area contributed by atoms with Gasteiger partial charge in [-0.1, -0.05) is 12.1 Å². The van der Waals surface area contributed by atoms with Gasteiger partial charge < -0.3 is 19.4 Å². The van der Waals surface area contributed by atoms with Gasteiger partial charge in [0.2, 0.25) is 5.95 Å². The van der Waals surface area contributed by atoms with Crippen LogP contribution in [-0.4, -0.2) is 30.4 Å². The maximum Gasteiger partial charge on any atom is 0.203 e. The number of nitrogens with zero attached hydrogens (tertiary/aromatic N) is 2. The molecule has 0 saturated heterocycles. The lowest BCUT2D eigenvalue weighted by atomic mass is 10.2. The third-order valence-electron chi connectivity index (χ3n) is 3.23. The zero-order valence-corrected chi connectivity index (χ0v) is 12.9. The first kappa shape index (κ1) is 15.4. The van der Waals surface area contributed by atoms with Crippen LogP contribution in [0, 0.1) is 6.92 Å². The first-order valence-electron chi connectivity index (χ1n) is 7.12. The van der Waals surface area contributed by atoms with E-state index in [9.17, 15) is 0 Å². The zero-order valence-electron chi connectivity index (χ0n) is 12.9. The van der Waals surface area contributed by atoms with E-state index in [0.29, 0.717) is 0 Å². The quantitative estimate of drug-likeness (QED) is 0.759. The van der Waals surface area contributed by atoms with Crippen LogP contribution >= 0.6 is 0 Å². The van der Waals surface area contributed by atoms with Crippen molar-refractivity contribution in [3.05, 3.63) is 41.7 Å². The van der Waals surface area contributed by atoms with Gasteiger partial charge in [-0.25, -0.2) is 4.98 Å². The van der Waals surface area contributed by atoms with Crippen molar-refractivity contribution < 1.29 is 9.47 Å². The molecular formula is C16H23N3O2. The van der Waals surface area contributed by atoms with Crippen LogP contribution in [0.15, 0.2) is 30.5 Å². The molecule has 1 N–H and O–H groups in total. The Morgan fingerprint density at radius 3 is 2.90 bits per heavy atom. The molecule has 5 heteroatoms. The number of benzene rings is 1. The van der Waals surface area contributed by atoms with E-state index in [2.05, 4.69) is 27.1 Å². The number of ether oxygens (including phenoxy) is 2. The van der Waals surface area contributed by atoms with Crippen LogP contribution < -0.4 is 10.1 Å². The highest BCUT2D eigenvalue weighted by Crippen LogP contribution is 2.15. The second-order valence-corrected chi connectivity index (χ2v) is 4.95. The topological polar surface area (TPSA) is 48.3 Å². The van der Waals surface area contributed by atoms with Crippen molar-refractivity contribution in [3.63, 3.8) is 0 Å². The van der Waals surface area contributed by atoms with Crippen molar-refractivity contribution in [1.29, 1.82) is 0 Å². The van der Waals surface area contributed by atoms with Gasteiger partial charge in [0.1, 0.15) is 5.75 Å².